The van der Waals surface area contributed by atoms with E-state index in [-0.39, 0.29) is 5.97 Å². The summed E-state index contributed by atoms with van der Waals surface area (Å²) in [6.45, 7) is 7.33. The first-order chi connectivity index (χ1) is 11.6. The number of rotatable bonds is 17. The summed E-state index contributed by atoms with van der Waals surface area (Å²) in [7, 11) is 0.537. The molecule has 0 aliphatic heterocycles. The monoisotopic (exact) mass is 356 g/mol. The molecule has 0 spiro atoms. The quantitative estimate of drug-likeness (QED) is 0.155. The van der Waals surface area contributed by atoms with Crippen molar-refractivity contribution in [2.75, 3.05) is 7.11 Å². The third-order valence-electron chi connectivity index (χ3n) is 5.41. The summed E-state index contributed by atoms with van der Waals surface area (Å²) < 4.78 is 4.66. The Morgan fingerprint density at radius 1 is 0.708 bits per heavy atom. The molecule has 0 heterocycles. The van der Waals surface area contributed by atoms with Crippen molar-refractivity contribution >= 4 is 14.0 Å². The molecule has 0 fully saturated rings. The minimum absolute atomic E-state index is 0.0617. The normalized spacial score (nSPS) is 11.7. The molecule has 0 aromatic carbocycles. The largest absolute Gasteiger partial charge is 0.469 e. The fourth-order valence-corrected chi connectivity index (χ4v) is 7.83. The van der Waals surface area contributed by atoms with Gasteiger partial charge in [-0.25, -0.2) is 0 Å². The van der Waals surface area contributed by atoms with E-state index < -0.39 is 8.07 Å². The van der Waals surface area contributed by atoms with Crippen molar-refractivity contribution in [3.8, 4) is 0 Å². The Morgan fingerprint density at radius 2 is 1.12 bits per heavy atom. The fourth-order valence-electron chi connectivity index (χ4n) is 3.57. The molecule has 0 aromatic rings. The van der Waals surface area contributed by atoms with Crippen LogP contribution in [0.3, 0.4) is 0 Å². The van der Waals surface area contributed by atoms with Gasteiger partial charge in [0.1, 0.15) is 0 Å². The number of hydrogen-bond donors (Lipinski definition) is 0. The highest BCUT2D eigenvalue weighted by Crippen LogP contribution is 2.28. The number of esters is 1. The van der Waals surface area contributed by atoms with Gasteiger partial charge in [-0.05, 0) is 6.42 Å². The van der Waals surface area contributed by atoms with E-state index in [4.69, 9.17) is 0 Å². The molecule has 3 heteroatoms. The van der Waals surface area contributed by atoms with Crippen LogP contribution >= 0.6 is 0 Å². The first kappa shape index (κ1) is 23.7. The lowest BCUT2D eigenvalue weighted by Crippen LogP contribution is -2.29. The molecule has 144 valence electrons. The van der Waals surface area contributed by atoms with Gasteiger partial charge in [0, 0.05) is 6.42 Å². The molecule has 0 amide bonds. The molecule has 0 atom stereocenters. The summed E-state index contributed by atoms with van der Waals surface area (Å²) in [6, 6.07) is 4.68. The molecule has 0 aliphatic carbocycles. The van der Waals surface area contributed by atoms with Gasteiger partial charge in [-0.2, -0.15) is 0 Å². The second-order valence-electron chi connectivity index (χ2n) is 7.92. The standard InChI is InChI=1S/C21H44O2Si/c1-5-7-18-24(4,19-8-6-2)20-16-14-12-10-9-11-13-15-17-21(22)23-3/h5-20H2,1-4H3. The Labute approximate surface area is 153 Å². The van der Waals surface area contributed by atoms with Gasteiger partial charge in [0.2, 0.25) is 0 Å². The lowest BCUT2D eigenvalue weighted by atomic mass is 10.1. The van der Waals surface area contributed by atoms with E-state index in [1.807, 2.05) is 0 Å². The third kappa shape index (κ3) is 14.1. The van der Waals surface area contributed by atoms with E-state index in [9.17, 15) is 4.79 Å². The Morgan fingerprint density at radius 3 is 1.58 bits per heavy atom. The van der Waals surface area contributed by atoms with E-state index in [1.165, 1.54) is 77.7 Å². The minimum atomic E-state index is -0.936. The van der Waals surface area contributed by atoms with Crippen LogP contribution in [0.5, 0.6) is 0 Å². The van der Waals surface area contributed by atoms with Crippen molar-refractivity contribution in [2.24, 2.45) is 0 Å². The third-order valence-corrected chi connectivity index (χ3v) is 10.1. The molecule has 0 unspecified atom stereocenters. The molecule has 0 radical (unpaired) electrons. The topological polar surface area (TPSA) is 26.3 Å². The van der Waals surface area contributed by atoms with Crippen molar-refractivity contribution in [1.82, 2.24) is 0 Å². The Hall–Kier alpha value is -0.313. The van der Waals surface area contributed by atoms with E-state index in [1.54, 1.807) is 18.1 Å². The van der Waals surface area contributed by atoms with Crippen molar-refractivity contribution in [3.63, 3.8) is 0 Å². The summed E-state index contributed by atoms with van der Waals surface area (Å²) in [5.74, 6) is -0.0617. The average Bonchev–Trinajstić information content (AvgIpc) is 2.59. The number of ether oxygens (including phenoxy) is 1. The predicted octanol–water partition coefficient (Wildman–Crippen LogP) is 7.35. The number of hydrogen-bond acceptors (Lipinski definition) is 2. The maximum Gasteiger partial charge on any atom is 0.305 e. The van der Waals surface area contributed by atoms with Gasteiger partial charge >= 0.3 is 5.97 Å². The van der Waals surface area contributed by atoms with Gasteiger partial charge in [0.15, 0.2) is 0 Å². The maximum atomic E-state index is 11.0. The predicted molar refractivity (Wildman–Crippen MR) is 109 cm³/mol. The second kappa shape index (κ2) is 16.2. The first-order valence-electron chi connectivity index (χ1n) is 10.6. The number of carbonyl (C=O) groups is 1. The molecule has 0 aliphatic rings. The van der Waals surface area contributed by atoms with Crippen LogP contribution in [-0.4, -0.2) is 21.2 Å². The zero-order valence-electron chi connectivity index (χ0n) is 17.1. The van der Waals surface area contributed by atoms with E-state index >= 15 is 0 Å². The Kier molecular flexibility index (Phi) is 16.0. The highest BCUT2D eigenvalue weighted by Gasteiger charge is 2.24. The van der Waals surface area contributed by atoms with Gasteiger partial charge < -0.3 is 4.74 Å². The van der Waals surface area contributed by atoms with Gasteiger partial charge in [-0.3, -0.25) is 4.79 Å². The summed E-state index contributed by atoms with van der Waals surface area (Å²) in [5.41, 5.74) is 0. The molecule has 24 heavy (non-hydrogen) atoms. The zero-order chi connectivity index (χ0) is 18.1. The highest BCUT2D eigenvalue weighted by molar-refractivity contribution is 6.78. The number of unbranched alkanes of at least 4 members (excludes halogenated alkanes) is 9. The van der Waals surface area contributed by atoms with E-state index in [2.05, 4.69) is 25.1 Å². The molecule has 0 saturated carbocycles. The molecule has 0 saturated heterocycles. The first-order valence-corrected chi connectivity index (χ1v) is 13.8. The summed E-state index contributed by atoms with van der Waals surface area (Å²) >= 11 is 0. The van der Waals surface area contributed by atoms with Crippen LogP contribution in [-0.2, 0) is 9.53 Å². The summed E-state index contributed by atoms with van der Waals surface area (Å²) in [6.07, 6.45) is 16.7. The highest BCUT2D eigenvalue weighted by atomic mass is 28.3. The van der Waals surface area contributed by atoms with Crippen molar-refractivity contribution < 1.29 is 9.53 Å². The van der Waals surface area contributed by atoms with Crippen LogP contribution in [0.25, 0.3) is 0 Å². The molecule has 0 aromatic heterocycles. The Balaban J connectivity index is 3.58. The van der Waals surface area contributed by atoms with Gasteiger partial charge in [-0.1, -0.05) is 109 Å². The maximum absolute atomic E-state index is 11.0. The van der Waals surface area contributed by atoms with E-state index in [0.29, 0.717) is 6.42 Å². The van der Waals surface area contributed by atoms with Crippen LogP contribution in [0.2, 0.25) is 24.7 Å². The van der Waals surface area contributed by atoms with Gasteiger partial charge in [0.05, 0.1) is 15.2 Å². The fraction of sp³-hybridized carbons (Fsp3) is 0.952. The van der Waals surface area contributed by atoms with Crippen LogP contribution in [0, 0.1) is 0 Å². The lowest BCUT2D eigenvalue weighted by molar-refractivity contribution is -0.140. The Bertz CT molecular complexity index is 284. The smallest absolute Gasteiger partial charge is 0.305 e. The molecule has 2 nitrogen and oxygen atoms in total. The van der Waals surface area contributed by atoms with E-state index in [0.717, 1.165) is 6.42 Å². The van der Waals surface area contributed by atoms with Gasteiger partial charge in [-0.15, -0.1) is 0 Å². The van der Waals surface area contributed by atoms with Crippen LogP contribution < -0.4 is 0 Å². The van der Waals surface area contributed by atoms with Crippen LogP contribution in [0.1, 0.15) is 97.3 Å². The van der Waals surface area contributed by atoms with Crippen molar-refractivity contribution in [1.29, 1.82) is 0 Å². The van der Waals surface area contributed by atoms with Crippen LogP contribution in [0.4, 0.5) is 0 Å². The SMILES string of the molecule is CCCC[Si](C)(CCCC)CCCCCCCCCCC(=O)OC. The molecule has 0 rings (SSSR count). The molecule has 0 bridgehead atoms. The molecular weight excluding hydrogens is 312 g/mol. The molecule has 0 N–H and O–H groups in total. The molecular formula is C21H44O2Si. The lowest BCUT2D eigenvalue weighted by Gasteiger charge is -2.27. The second-order valence-corrected chi connectivity index (χ2v) is 13.0. The average molecular weight is 357 g/mol. The van der Waals surface area contributed by atoms with Crippen molar-refractivity contribution in [3.05, 3.63) is 0 Å². The zero-order valence-corrected chi connectivity index (χ0v) is 18.1. The van der Waals surface area contributed by atoms with Crippen molar-refractivity contribution in [2.45, 2.75) is 122 Å². The van der Waals surface area contributed by atoms with Crippen LogP contribution in [0.15, 0.2) is 0 Å². The minimum Gasteiger partial charge on any atom is -0.469 e. The van der Waals surface area contributed by atoms with Gasteiger partial charge in [0.25, 0.3) is 0 Å². The number of methoxy groups -OCH3 is 1. The summed E-state index contributed by atoms with van der Waals surface area (Å²) in [4.78, 5) is 11.0. The summed E-state index contributed by atoms with van der Waals surface area (Å²) in [5, 5.41) is 0. The number of carbonyl (C=O) groups excluding carboxylic acids is 1.